The minimum absolute atomic E-state index is 0.0857. The molecule has 0 fully saturated rings. The lowest BCUT2D eigenvalue weighted by Crippen LogP contribution is -2.05. The van der Waals surface area contributed by atoms with E-state index >= 15 is 0 Å². The highest BCUT2D eigenvalue weighted by Gasteiger charge is 2.29. The van der Waals surface area contributed by atoms with Gasteiger partial charge in [-0.25, -0.2) is 0 Å². The van der Waals surface area contributed by atoms with Gasteiger partial charge in [0.25, 0.3) is 0 Å². The number of hydrogen-bond acceptors (Lipinski definition) is 4. The average Bonchev–Trinajstić information content (AvgIpc) is 2.60. The molecule has 0 unspecified atom stereocenters. The second kappa shape index (κ2) is 6.51. The van der Waals surface area contributed by atoms with Crippen LogP contribution >= 0.6 is 0 Å². The number of pyridine rings is 1. The summed E-state index contributed by atoms with van der Waals surface area (Å²) in [5.74, 6) is 0.879. The number of ether oxygens (including phenoxy) is 2. The van der Waals surface area contributed by atoms with Gasteiger partial charge in [0.05, 0.1) is 23.9 Å². The normalized spacial score (nSPS) is 11.5. The van der Waals surface area contributed by atoms with Crippen molar-refractivity contribution >= 4 is 16.6 Å². The standard InChI is InChI=1S/C18H15F3N2O2/c1-24-15-9-14(22)16-13(3-2-8-23-16)17(15)25-10-11-4-6-12(7-5-11)18(19,20)21/h2-9H,10,22H2,1H3. The van der Waals surface area contributed by atoms with Crippen molar-refractivity contribution in [1.29, 1.82) is 0 Å². The van der Waals surface area contributed by atoms with Crippen molar-refractivity contribution in [3.05, 3.63) is 59.8 Å². The third kappa shape index (κ3) is 3.45. The van der Waals surface area contributed by atoms with Crippen molar-refractivity contribution in [1.82, 2.24) is 4.98 Å². The van der Waals surface area contributed by atoms with Crippen molar-refractivity contribution < 1.29 is 22.6 Å². The van der Waals surface area contributed by atoms with E-state index in [1.165, 1.54) is 19.2 Å². The predicted molar refractivity (Wildman–Crippen MR) is 88.5 cm³/mol. The quantitative estimate of drug-likeness (QED) is 0.709. The fourth-order valence-corrected chi connectivity index (χ4v) is 2.47. The Balaban J connectivity index is 1.89. The van der Waals surface area contributed by atoms with Crippen LogP contribution in [-0.2, 0) is 12.8 Å². The fourth-order valence-electron chi connectivity index (χ4n) is 2.47. The maximum Gasteiger partial charge on any atom is 0.416 e. The Kier molecular flexibility index (Phi) is 4.39. The van der Waals surface area contributed by atoms with E-state index in [-0.39, 0.29) is 6.61 Å². The third-order valence-electron chi connectivity index (χ3n) is 3.72. The molecule has 0 amide bonds. The van der Waals surface area contributed by atoms with E-state index < -0.39 is 11.7 Å². The zero-order valence-electron chi connectivity index (χ0n) is 13.3. The number of fused-ring (bicyclic) bond motifs is 1. The van der Waals surface area contributed by atoms with Crippen molar-refractivity contribution in [3.63, 3.8) is 0 Å². The number of methoxy groups -OCH3 is 1. The molecule has 0 spiro atoms. The van der Waals surface area contributed by atoms with Gasteiger partial charge in [-0.15, -0.1) is 0 Å². The van der Waals surface area contributed by atoms with Crippen LogP contribution in [0.1, 0.15) is 11.1 Å². The molecule has 1 aromatic heterocycles. The van der Waals surface area contributed by atoms with Crippen LogP contribution in [0.15, 0.2) is 48.7 Å². The van der Waals surface area contributed by atoms with E-state index in [0.717, 1.165) is 12.1 Å². The van der Waals surface area contributed by atoms with Gasteiger partial charge in [0, 0.05) is 17.6 Å². The van der Waals surface area contributed by atoms with Gasteiger partial charge in [-0.3, -0.25) is 4.98 Å². The smallest absolute Gasteiger partial charge is 0.416 e. The van der Waals surface area contributed by atoms with E-state index in [1.807, 2.05) is 0 Å². The fraction of sp³-hybridized carbons (Fsp3) is 0.167. The highest BCUT2D eigenvalue weighted by molar-refractivity contribution is 5.96. The summed E-state index contributed by atoms with van der Waals surface area (Å²) in [5, 5.41) is 0.672. The Morgan fingerprint density at radius 2 is 1.84 bits per heavy atom. The van der Waals surface area contributed by atoms with Crippen molar-refractivity contribution in [2.75, 3.05) is 12.8 Å². The second-order valence-corrected chi connectivity index (χ2v) is 5.38. The summed E-state index contributed by atoms with van der Waals surface area (Å²) in [6, 6.07) is 9.96. The monoisotopic (exact) mass is 348 g/mol. The van der Waals surface area contributed by atoms with Crippen LogP contribution in [-0.4, -0.2) is 12.1 Å². The summed E-state index contributed by atoms with van der Waals surface area (Å²) in [4.78, 5) is 4.22. The molecule has 1 heterocycles. The molecule has 3 aromatic rings. The average molecular weight is 348 g/mol. The number of nitrogens with zero attached hydrogens (tertiary/aromatic N) is 1. The first-order valence-corrected chi connectivity index (χ1v) is 7.40. The molecule has 7 heteroatoms. The van der Waals surface area contributed by atoms with Gasteiger partial charge in [-0.05, 0) is 29.8 Å². The molecule has 25 heavy (non-hydrogen) atoms. The van der Waals surface area contributed by atoms with Crippen LogP contribution in [0.25, 0.3) is 10.9 Å². The second-order valence-electron chi connectivity index (χ2n) is 5.38. The molecule has 0 aliphatic rings. The maximum absolute atomic E-state index is 12.6. The van der Waals surface area contributed by atoms with Gasteiger partial charge in [0.2, 0.25) is 0 Å². The Hall–Kier alpha value is -2.96. The Morgan fingerprint density at radius 1 is 1.12 bits per heavy atom. The first-order valence-electron chi connectivity index (χ1n) is 7.40. The van der Waals surface area contributed by atoms with Gasteiger partial charge in [-0.1, -0.05) is 12.1 Å². The molecule has 2 aromatic carbocycles. The molecular weight excluding hydrogens is 333 g/mol. The van der Waals surface area contributed by atoms with Crippen LogP contribution in [0, 0.1) is 0 Å². The summed E-state index contributed by atoms with van der Waals surface area (Å²) in [6.45, 7) is 0.0857. The van der Waals surface area contributed by atoms with E-state index in [2.05, 4.69) is 4.98 Å². The number of rotatable bonds is 4. The van der Waals surface area contributed by atoms with E-state index in [4.69, 9.17) is 15.2 Å². The van der Waals surface area contributed by atoms with E-state index in [0.29, 0.717) is 33.7 Å². The summed E-state index contributed by atoms with van der Waals surface area (Å²) >= 11 is 0. The number of nitrogen functional groups attached to an aromatic ring is 1. The van der Waals surface area contributed by atoms with Crippen molar-refractivity contribution in [3.8, 4) is 11.5 Å². The lowest BCUT2D eigenvalue weighted by molar-refractivity contribution is -0.137. The Bertz CT molecular complexity index is 893. The lowest BCUT2D eigenvalue weighted by atomic mass is 10.1. The number of nitrogens with two attached hydrogens (primary N) is 1. The molecule has 0 radical (unpaired) electrons. The zero-order chi connectivity index (χ0) is 18.0. The number of aromatic nitrogens is 1. The SMILES string of the molecule is COc1cc(N)c2ncccc2c1OCc1ccc(C(F)(F)F)cc1. The number of alkyl halides is 3. The lowest BCUT2D eigenvalue weighted by Gasteiger charge is -2.15. The van der Waals surface area contributed by atoms with E-state index in [1.54, 1.807) is 24.4 Å². The molecular formula is C18H15F3N2O2. The first-order chi connectivity index (χ1) is 11.9. The molecule has 3 rings (SSSR count). The number of benzene rings is 2. The van der Waals surface area contributed by atoms with Crippen LogP contribution < -0.4 is 15.2 Å². The Morgan fingerprint density at radius 3 is 2.48 bits per heavy atom. The minimum Gasteiger partial charge on any atom is -0.493 e. The number of hydrogen-bond donors (Lipinski definition) is 1. The highest BCUT2D eigenvalue weighted by Crippen LogP contribution is 2.38. The van der Waals surface area contributed by atoms with Crippen LogP contribution in [0.5, 0.6) is 11.5 Å². The predicted octanol–water partition coefficient (Wildman–Crippen LogP) is 4.42. The van der Waals surface area contributed by atoms with Gasteiger partial charge in [-0.2, -0.15) is 13.2 Å². The first kappa shape index (κ1) is 16.9. The zero-order valence-corrected chi connectivity index (χ0v) is 13.3. The Labute approximate surface area is 142 Å². The molecule has 0 saturated heterocycles. The summed E-state index contributed by atoms with van der Waals surface area (Å²) in [6.07, 6.45) is -2.74. The summed E-state index contributed by atoms with van der Waals surface area (Å²) in [7, 11) is 1.49. The van der Waals surface area contributed by atoms with Gasteiger partial charge in [0.1, 0.15) is 6.61 Å². The van der Waals surface area contributed by atoms with Crippen LogP contribution in [0.3, 0.4) is 0 Å². The topological polar surface area (TPSA) is 57.4 Å². The van der Waals surface area contributed by atoms with Crippen LogP contribution in [0.2, 0.25) is 0 Å². The molecule has 0 aliphatic carbocycles. The summed E-state index contributed by atoms with van der Waals surface area (Å²) in [5.41, 5.74) is 6.89. The molecule has 0 saturated carbocycles. The number of halogens is 3. The van der Waals surface area contributed by atoms with Crippen molar-refractivity contribution in [2.45, 2.75) is 12.8 Å². The molecule has 0 atom stereocenters. The molecule has 0 bridgehead atoms. The van der Waals surface area contributed by atoms with Crippen LogP contribution in [0.4, 0.5) is 18.9 Å². The highest BCUT2D eigenvalue weighted by atomic mass is 19.4. The molecule has 130 valence electrons. The van der Waals surface area contributed by atoms with Gasteiger partial charge < -0.3 is 15.2 Å². The summed E-state index contributed by atoms with van der Waals surface area (Å²) < 4.78 is 49.0. The molecule has 2 N–H and O–H groups in total. The third-order valence-corrected chi connectivity index (χ3v) is 3.72. The van der Waals surface area contributed by atoms with Gasteiger partial charge >= 0.3 is 6.18 Å². The van der Waals surface area contributed by atoms with E-state index in [9.17, 15) is 13.2 Å². The minimum atomic E-state index is -4.36. The maximum atomic E-state index is 12.6. The number of anilines is 1. The van der Waals surface area contributed by atoms with Crippen molar-refractivity contribution in [2.24, 2.45) is 0 Å². The van der Waals surface area contributed by atoms with Gasteiger partial charge in [0.15, 0.2) is 11.5 Å². The molecule has 0 aliphatic heterocycles. The largest absolute Gasteiger partial charge is 0.493 e. The molecule has 4 nitrogen and oxygen atoms in total.